The maximum Gasteiger partial charge on any atom is 0.392 e. The fourth-order valence-electron chi connectivity index (χ4n) is 1.06. The quantitative estimate of drug-likeness (QED) is 0.836. The Balaban J connectivity index is 1.97. The number of hydrogen-bond acceptors (Lipinski definition) is 5. The Kier molecular flexibility index (Phi) is 2.81. The zero-order chi connectivity index (χ0) is 11.4. The number of aromatic nitrogens is 2. The van der Waals surface area contributed by atoms with Gasteiger partial charge in [0, 0.05) is 6.20 Å². The van der Waals surface area contributed by atoms with Crippen LogP contribution in [0.25, 0.3) is 0 Å². The average Bonchev–Trinajstić information content (AvgIpc) is 2.76. The molecule has 1 N–H and O–H groups in total. The summed E-state index contributed by atoms with van der Waals surface area (Å²) in [5.41, 5.74) is 0. The summed E-state index contributed by atoms with van der Waals surface area (Å²) >= 11 is 0. The number of rotatable bonds is 4. The van der Waals surface area contributed by atoms with Crippen LogP contribution >= 0.6 is 0 Å². The van der Waals surface area contributed by atoms with Gasteiger partial charge in [0.05, 0.1) is 12.4 Å². The highest BCUT2D eigenvalue weighted by Gasteiger charge is 2.11. The monoisotopic (exact) mass is 220 g/mol. The van der Waals surface area contributed by atoms with Gasteiger partial charge < -0.3 is 14.3 Å². The minimum Gasteiger partial charge on any atom is -0.484 e. The SMILES string of the molecule is O=C(O)c1ncc(COc2cccnc2)o1. The zero-order valence-corrected chi connectivity index (χ0v) is 8.16. The molecule has 0 aromatic carbocycles. The van der Waals surface area contributed by atoms with Crippen molar-refractivity contribution in [1.82, 2.24) is 9.97 Å². The highest BCUT2D eigenvalue weighted by molar-refractivity contribution is 5.81. The van der Waals surface area contributed by atoms with Crippen LogP contribution in [0.3, 0.4) is 0 Å². The second kappa shape index (κ2) is 4.43. The Morgan fingerprint density at radius 3 is 3.00 bits per heavy atom. The second-order valence-corrected chi connectivity index (χ2v) is 2.91. The third-order valence-electron chi connectivity index (χ3n) is 1.75. The molecule has 2 aromatic rings. The number of aromatic carboxylic acids is 1. The highest BCUT2D eigenvalue weighted by Crippen LogP contribution is 2.10. The van der Waals surface area contributed by atoms with Crippen molar-refractivity contribution in [2.45, 2.75) is 6.61 Å². The lowest BCUT2D eigenvalue weighted by atomic mass is 10.4. The first-order chi connectivity index (χ1) is 7.75. The van der Waals surface area contributed by atoms with Crippen molar-refractivity contribution >= 4 is 5.97 Å². The molecule has 0 aliphatic rings. The van der Waals surface area contributed by atoms with Crippen molar-refractivity contribution < 1.29 is 19.1 Å². The third-order valence-corrected chi connectivity index (χ3v) is 1.75. The maximum atomic E-state index is 10.5. The van der Waals surface area contributed by atoms with Crippen molar-refractivity contribution in [3.05, 3.63) is 42.4 Å². The summed E-state index contributed by atoms with van der Waals surface area (Å²) in [6.45, 7) is 0.117. The molecule has 0 aliphatic carbocycles. The van der Waals surface area contributed by atoms with Crippen LogP contribution in [0.4, 0.5) is 0 Å². The summed E-state index contributed by atoms with van der Waals surface area (Å²) in [6, 6.07) is 3.47. The average molecular weight is 220 g/mol. The molecule has 0 spiro atoms. The fourth-order valence-corrected chi connectivity index (χ4v) is 1.06. The van der Waals surface area contributed by atoms with Gasteiger partial charge in [-0.25, -0.2) is 9.78 Å². The van der Waals surface area contributed by atoms with Gasteiger partial charge in [-0.15, -0.1) is 0 Å². The molecule has 16 heavy (non-hydrogen) atoms. The van der Waals surface area contributed by atoms with E-state index in [-0.39, 0.29) is 12.5 Å². The van der Waals surface area contributed by atoms with Crippen molar-refractivity contribution in [2.24, 2.45) is 0 Å². The number of nitrogens with zero attached hydrogens (tertiary/aromatic N) is 2. The molecule has 0 aliphatic heterocycles. The van der Waals surface area contributed by atoms with Crippen LogP contribution < -0.4 is 4.74 Å². The van der Waals surface area contributed by atoms with Gasteiger partial charge in [0.2, 0.25) is 0 Å². The molecule has 0 saturated carbocycles. The predicted octanol–water partition coefficient (Wildman–Crippen LogP) is 1.35. The van der Waals surface area contributed by atoms with E-state index in [0.29, 0.717) is 11.5 Å². The standard InChI is InChI=1S/C10H8N2O4/c13-10(14)9-12-5-8(16-9)6-15-7-2-1-3-11-4-7/h1-5H,6H2,(H,13,14). The minimum atomic E-state index is -1.20. The molecular weight excluding hydrogens is 212 g/mol. The van der Waals surface area contributed by atoms with Crippen LogP contribution in [0.15, 0.2) is 35.1 Å². The van der Waals surface area contributed by atoms with Crippen molar-refractivity contribution in [3.8, 4) is 5.75 Å². The van der Waals surface area contributed by atoms with E-state index in [9.17, 15) is 4.79 Å². The summed E-state index contributed by atoms with van der Waals surface area (Å²) in [6.07, 6.45) is 4.50. The van der Waals surface area contributed by atoms with E-state index in [1.165, 1.54) is 6.20 Å². The second-order valence-electron chi connectivity index (χ2n) is 2.91. The fraction of sp³-hybridized carbons (Fsp3) is 0.100. The van der Waals surface area contributed by atoms with E-state index in [4.69, 9.17) is 14.3 Å². The Morgan fingerprint density at radius 1 is 1.50 bits per heavy atom. The molecule has 6 heteroatoms. The van der Waals surface area contributed by atoms with Gasteiger partial charge in [-0.2, -0.15) is 0 Å². The van der Waals surface area contributed by atoms with E-state index in [0.717, 1.165) is 0 Å². The van der Waals surface area contributed by atoms with E-state index in [1.807, 2.05) is 0 Å². The number of carbonyl (C=O) groups is 1. The molecule has 2 heterocycles. The first-order valence-corrected chi connectivity index (χ1v) is 4.46. The van der Waals surface area contributed by atoms with E-state index >= 15 is 0 Å². The lowest BCUT2D eigenvalue weighted by Gasteiger charge is -2.01. The predicted molar refractivity (Wildman–Crippen MR) is 52.0 cm³/mol. The van der Waals surface area contributed by atoms with Gasteiger partial charge in [-0.3, -0.25) is 4.98 Å². The molecule has 0 fully saturated rings. The minimum absolute atomic E-state index is 0.117. The van der Waals surface area contributed by atoms with Crippen LogP contribution in [0.1, 0.15) is 16.4 Å². The Morgan fingerprint density at radius 2 is 2.38 bits per heavy atom. The Bertz CT molecular complexity index is 481. The summed E-state index contributed by atoms with van der Waals surface area (Å²) in [5, 5.41) is 8.58. The number of hydrogen-bond donors (Lipinski definition) is 1. The number of oxazole rings is 1. The molecule has 0 bridgehead atoms. The van der Waals surface area contributed by atoms with Crippen LogP contribution in [0.2, 0.25) is 0 Å². The lowest BCUT2D eigenvalue weighted by molar-refractivity contribution is 0.0649. The number of pyridine rings is 1. The van der Waals surface area contributed by atoms with Gasteiger partial charge in [0.15, 0.2) is 5.76 Å². The van der Waals surface area contributed by atoms with E-state index in [1.54, 1.807) is 24.5 Å². The molecule has 6 nitrogen and oxygen atoms in total. The summed E-state index contributed by atoms with van der Waals surface area (Å²) in [4.78, 5) is 17.9. The normalized spacial score (nSPS) is 10.0. The molecule has 0 unspecified atom stereocenters. The van der Waals surface area contributed by atoms with Gasteiger partial charge in [-0.1, -0.05) is 0 Å². The van der Waals surface area contributed by atoms with Gasteiger partial charge >= 0.3 is 11.9 Å². The molecule has 0 amide bonds. The molecule has 82 valence electrons. The molecule has 0 atom stereocenters. The largest absolute Gasteiger partial charge is 0.484 e. The summed E-state index contributed by atoms with van der Waals surface area (Å²) < 4.78 is 10.2. The van der Waals surface area contributed by atoms with E-state index in [2.05, 4.69) is 9.97 Å². The van der Waals surface area contributed by atoms with Crippen LogP contribution in [-0.2, 0) is 6.61 Å². The summed E-state index contributed by atoms with van der Waals surface area (Å²) in [7, 11) is 0. The third kappa shape index (κ3) is 2.35. The van der Waals surface area contributed by atoms with Crippen molar-refractivity contribution in [1.29, 1.82) is 0 Å². The topological polar surface area (TPSA) is 85.5 Å². The van der Waals surface area contributed by atoms with Crippen molar-refractivity contribution in [2.75, 3.05) is 0 Å². The van der Waals surface area contributed by atoms with Gasteiger partial charge in [0.1, 0.15) is 12.4 Å². The van der Waals surface area contributed by atoms with Gasteiger partial charge in [-0.05, 0) is 12.1 Å². The highest BCUT2D eigenvalue weighted by atomic mass is 16.5. The maximum absolute atomic E-state index is 10.5. The molecule has 2 rings (SSSR count). The molecule has 2 aromatic heterocycles. The van der Waals surface area contributed by atoms with Gasteiger partial charge in [0.25, 0.3) is 0 Å². The first-order valence-electron chi connectivity index (χ1n) is 4.46. The van der Waals surface area contributed by atoms with Crippen LogP contribution in [-0.4, -0.2) is 21.0 Å². The smallest absolute Gasteiger partial charge is 0.392 e. The van der Waals surface area contributed by atoms with E-state index < -0.39 is 5.97 Å². The zero-order valence-electron chi connectivity index (χ0n) is 8.16. The number of carboxylic acid groups (broad SMARTS) is 1. The number of carboxylic acids is 1. The molecule has 0 radical (unpaired) electrons. The Labute approximate surface area is 90.5 Å². The molecular formula is C10H8N2O4. The van der Waals surface area contributed by atoms with Crippen LogP contribution in [0.5, 0.6) is 5.75 Å². The Hall–Kier alpha value is -2.37. The van der Waals surface area contributed by atoms with Crippen molar-refractivity contribution in [3.63, 3.8) is 0 Å². The molecule has 0 saturated heterocycles. The number of ether oxygens (including phenoxy) is 1. The lowest BCUT2D eigenvalue weighted by Crippen LogP contribution is -1.96. The van der Waals surface area contributed by atoms with Crippen LogP contribution in [0, 0.1) is 0 Å². The summed E-state index contributed by atoms with van der Waals surface area (Å²) in [5.74, 6) is -0.616. The first kappa shape index (κ1) is 10.2.